The molecule has 98 valence electrons. The van der Waals surface area contributed by atoms with Crippen LogP contribution in [0, 0.1) is 6.92 Å². The van der Waals surface area contributed by atoms with E-state index >= 15 is 0 Å². The Morgan fingerprint density at radius 3 is 2.68 bits per heavy atom. The predicted molar refractivity (Wildman–Crippen MR) is 79.7 cm³/mol. The molecule has 0 fully saturated rings. The zero-order valence-corrected chi connectivity index (χ0v) is 11.8. The van der Waals surface area contributed by atoms with Gasteiger partial charge in [-0.25, -0.2) is 4.98 Å². The van der Waals surface area contributed by atoms with Gasteiger partial charge in [0.25, 0.3) is 0 Å². The van der Waals surface area contributed by atoms with Crippen LogP contribution in [0.2, 0.25) is 0 Å². The number of fused-ring (bicyclic) bond motifs is 1. The van der Waals surface area contributed by atoms with Gasteiger partial charge in [-0.2, -0.15) is 0 Å². The van der Waals surface area contributed by atoms with Crippen LogP contribution in [-0.4, -0.2) is 11.5 Å². The first-order valence-corrected chi connectivity index (χ1v) is 7.15. The lowest BCUT2D eigenvalue weighted by Gasteiger charge is -2.30. The van der Waals surface area contributed by atoms with E-state index in [1.165, 1.54) is 11.1 Å². The van der Waals surface area contributed by atoms with E-state index in [0.29, 0.717) is 5.88 Å². The molecule has 0 N–H and O–H groups in total. The highest BCUT2D eigenvalue weighted by atomic mass is 35.5. The largest absolute Gasteiger partial charge is 0.352 e. The average molecular weight is 273 g/mol. The summed E-state index contributed by atoms with van der Waals surface area (Å²) in [5, 5.41) is 0. The summed E-state index contributed by atoms with van der Waals surface area (Å²) in [6.45, 7) is 4.01. The van der Waals surface area contributed by atoms with Gasteiger partial charge in [0.15, 0.2) is 0 Å². The van der Waals surface area contributed by atoms with Crippen molar-refractivity contribution in [1.82, 2.24) is 4.98 Å². The van der Waals surface area contributed by atoms with Crippen molar-refractivity contribution in [2.24, 2.45) is 0 Å². The first-order valence-electron chi connectivity index (χ1n) is 6.62. The van der Waals surface area contributed by atoms with Gasteiger partial charge in [0, 0.05) is 24.7 Å². The maximum Gasteiger partial charge on any atom is 0.129 e. The van der Waals surface area contributed by atoms with Gasteiger partial charge in [-0.1, -0.05) is 30.3 Å². The lowest BCUT2D eigenvalue weighted by Crippen LogP contribution is -2.31. The van der Waals surface area contributed by atoms with Crippen molar-refractivity contribution in [3.05, 3.63) is 58.8 Å². The molecule has 0 radical (unpaired) electrons. The Kier molecular flexibility index (Phi) is 3.43. The second-order valence-electron chi connectivity index (χ2n) is 4.99. The molecular formula is C16H17ClN2. The van der Waals surface area contributed by atoms with Crippen molar-refractivity contribution < 1.29 is 0 Å². The van der Waals surface area contributed by atoms with Crippen LogP contribution in [0.5, 0.6) is 0 Å². The topological polar surface area (TPSA) is 16.1 Å². The fourth-order valence-electron chi connectivity index (χ4n) is 2.59. The van der Waals surface area contributed by atoms with Gasteiger partial charge in [0.1, 0.15) is 5.82 Å². The summed E-state index contributed by atoms with van der Waals surface area (Å²) in [4.78, 5) is 7.02. The molecule has 0 bridgehead atoms. The molecule has 3 rings (SSSR count). The number of pyridine rings is 1. The number of nitrogens with zero attached hydrogens (tertiary/aromatic N) is 2. The normalized spacial score (nSPS) is 14.3. The van der Waals surface area contributed by atoms with Gasteiger partial charge in [-0.05, 0) is 36.1 Å². The molecule has 2 heterocycles. The molecule has 3 heteroatoms. The number of aromatic nitrogens is 1. The minimum atomic E-state index is 0.530. The number of aryl methyl sites for hydroxylation is 1. The van der Waals surface area contributed by atoms with E-state index in [1.807, 2.05) is 6.92 Å². The zero-order valence-electron chi connectivity index (χ0n) is 11.1. The molecular weight excluding hydrogens is 256 g/mol. The minimum Gasteiger partial charge on any atom is -0.352 e. The molecule has 1 aliphatic heterocycles. The number of hydrogen-bond acceptors (Lipinski definition) is 2. The standard InChI is InChI=1S/C16H17ClN2/c1-12-14(10-17)6-7-16(18-12)19-9-8-13-4-2-3-5-15(13)11-19/h2-7H,8-11H2,1H3. The molecule has 0 unspecified atom stereocenters. The van der Waals surface area contributed by atoms with E-state index in [2.05, 4.69) is 46.3 Å². The van der Waals surface area contributed by atoms with Gasteiger partial charge in [-0.3, -0.25) is 0 Å². The van der Waals surface area contributed by atoms with E-state index in [4.69, 9.17) is 11.6 Å². The van der Waals surface area contributed by atoms with Crippen molar-refractivity contribution in [3.63, 3.8) is 0 Å². The first-order chi connectivity index (χ1) is 9.28. The second-order valence-corrected chi connectivity index (χ2v) is 5.26. The van der Waals surface area contributed by atoms with E-state index in [9.17, 15) is 0 Å². The molecule has 0 atom stereocenters. The Bertz CT molecular complexity index is 595. The van der Waals surface area contributed by atoms with Crippen LogP contribution in [-0.2, 0) is 18.8 Å². The highest BCUT2D eigenvalue weighted by Crippen LogP contribution is 2.24. The van der Waals surface area contributed by atoms with Crippen LogP contribution >= 0.6 is 11.6 Å². The van der Waals surface area contributed by atoms with Crippen molar-refractivity contribution in [2.45, 2.75) is 25.8 Å². The molecule has 0 saturated heterocycles. The van der Waals surface area contributed by atoms with Crippen LogP contribution < -0.4 is 4.90 Å². The number of hydrogen-bond donors (Lipinski definition) is 0. The van der Waals surface area contributed by atoms with Crippen molar-refractivity contribution >= 4 is 17.4 Å². The van der Waals surface area contributed by atoms with Crippen LogP contribution in [0.3, 0.4) is 0 Å². The zero-order chi connectivity index (χ0) is 13.2. The van der Waals surface area contributed by atoms with Gasteiger partial charge in [0.2, 0.25) is 0 Å². The summed E-state index contributed by atoms with van der Waals surface area (Å²) >= 11 is 5.88. The van der Waals surface area contributed by atoms with Crippen molar-refractivity contribution in [2.75, 3.05) is 11.4 Å². The second kappa shape index (κ2) is 5.22. The first kappa shape index (κ1) is 12.5. The van der Waals surface area contributed by atoms with Crippen LogP contribution in [0.15, 0.2) is 36.4 Å². The van der Waals surface area contributed by atoms with Crippen LogP contribution in [0.25, 0.3) is 0 Å². The quantitative estimate of drug-likeness (QED) is 0.775. The molecule has 19 heavy (non-hydrogen) atoms. The number of rotatable bonds is 2. The van der Waals surface area contributed by atoms with Gasteiger partial charge >= 0.3 is 0 Å². The molecule has 0 amide bonds. The molecule has 0 spiro atoms. The SMILES string of the molecule is Cc1nc(N2CCc3ccccc3C2)ccc1CCl. The summed E-state index contributed by atoms with van der Waals surface area (Å²) in [6, 6.07) is 12.8. The Hall–Kier alpha value is -1.54. The van der Waals surface area contributed by atoms with Crippen molar-refractivity contribution in [1.29, 1.82) is 0 Å². The Balaban J connectivity index is 1.87. The highest BCUT2D eigenvalue weighted by molar-refractivity contribution is 6.17. The Labute approximate surface area is 119 Å². The molecule has 2 aromatic rings. The third-order valence-corrected chi connectivity index (χ3v) is 4.07. The van der Waals surface area contributed by atoms with E-state index in [1.54, 1.807) is 0 Å². The van der Waals surface area contributed by atoms with E-state index < -0.39 is 0 Å². The Morgan fingerprint density at radius 2 is 1.95 bits per heavy atom. The smallest absolute Gasteiger partial charge is 0.129 e. The summed E-state index contributed by atoms with van der Waals surface area (Å²) in [7, 11) is 0. The molecule has 1 aromatic heterocycles. The molecule has 2 nitrogen and oxygen atoms in total. The number of benzene rings is 1. The maximum absolute atomic E-state index is 5.88. The minimum absolute atomic E-state index is 0.530. The Morgan fingerprint density at radius 1 is 1.16 bits per heavy atom. The number of halogens is 1. The third-order valence-electron chi connectivity index (χ3n) is 3.78. The van der Waals surface area contributed by atoms with E-state index in [0.717, 1.165) is 36.6 Å². The van der Waals surface area contributed by atoms with Gasteiger partial charge in [-0.15, -0.1) is 11.6 Å². The van der Waals surface area contributed by atoms with E-state index in [-0.39, 0.29) is 0 Å². The number of anilines is 1. The van der Waals surface area contributed by atoms with Gasteiger partial charge in [0.05, 0.1) is 0 Å². The molecule has 0 aliphatic carbocycles. The molecule has 0 saturated carbocycles. The highest BCUT2D eigenvalue weighted by Gasteiger charge is 2.17. The summed E-state index contributed by atoms with van der Waals surface area (Å²) in [5.41, 5.74) is 5.02. The number of alkyl halides is 1. The summed E-state index contributed by atoms with van der Waals surface area (Å²) in [6.07, 6.45) is 1.09. The summed E-state index contributed by atoms with van der Waals surface area (Å²) < 4.78 is 0. The molecule has 1 aromatic carbocycles. The fourth-order valence-corrected chi connectivity index (χ4v) is 2.87. The summed E-state index contributed by atoms with van der Waals surface area (Å²) in [5.74, 6) is 1.59. The van der Waals surface area contributed by atoms with Crippen molar-refractivity contribution in [3.8, 4) is 0 Å². The predicted octanol–water partition coefficient (Wildman–Crippen LogP) is 3.69. The van der Waals surface area contributed by atoms with Crippen LogP contribution in [0.4, 0.5) is 5.82 Å². The maximum atomic E-state index is 5.88. The third kappa shape index (κ3) is 2.45. The average Bonchev–Trinajstić information content (AvgIpc) is 2.46. The fraction of sp³-hybridized carbons (Fsp3) is 0.312. The monoisotopic (exact) mass is 272 g/mol. The lowest BCUT2D eigenvalue weighted by molar-refractivity contribution is 0.719. The molecule has 1 aliphatic rings. The lowest BCUT2D eigenvalue weighted by atomic mass is 10.00. The van der Waals surface area contributed by atoms with Crippen LogP contribution in [0.1, 0.15) is 22.4 Å². The van der Waals surface area contributed by atoms with Gasteiger partial charge < -0.3 is 4.90 Å².